The predicted octanol–water partition coefficient (Wildman–Crippen LogP) is 10.1. The van der Waals surface area contributed by atoms with Gasteiger partial charge < -0.3 is 0 Å². The van der Waals surface area contributed by atoms with Gasteiger partial charge in [-0.25, -0.2) is 0 Å². The molecule has 0 N–H and O–H groups in total. The Kier molecular flexibility index (Phi) is 21.1. The van der Waals surface area contributed by atoms with Gasteiger partial charge in [-0.1, -0.05) is 7.96 Å². The van der Waals surface area contributed by atoms with Crippen molar-refractivity contribution in [1.29, 1.82) is 0 Å². The van der Waals surface area contributed by atoms with E-state index in [0.717, 1.165) is 7.96 Å². The minimum absolute atomic E-state index is 0.0963. The average molecular weight is 578 g/mol. The van der Waals surface area contributed by atoms with Gasteiger partial charge in [-0.2, -0.15) is 0 Å². The zero-order chi connectivity index (χ0) is 14.5. The summed E-state index contributed by atoms with van der Waals surface area (Å²) in [5, 5.41) is 0. The quantitative estimate of drug-likeness (QED) is 0.252. The van der Waals surface area contributed by atoms with Crippen LogP contribution in [0.15, 0.2) is 0 Å². The van der Waals surface area contributed by atoms with Gasteiger partial charge in [0, 0.05) is 0 Å². The maximum absolute atomic E-state index is 3.13. The van der Waals surface area contributed by atoms with Crippen LogP contribution < -0.4 is 0 Å². The largest absolute Gasteiger partial charge is 0.109 e. The topological polar surface area (TPSA) is 0 Å². The molecule has 0 radical (unpaired) electrons. The second kappa shape index (κ2) is 14.8. The van der Waals surface area contributed by atoms with Gasteiger partial charge in [-0.05, 0) is 56.9 Å². The van der Waals surface area contributed by atoms with Crippen molar-refractivity contribution < 1.29 is 0 Å². The molecule has 0 rings (SSSR count). The van der Waals surface area contributed by atoms with Crippen LogP contribution in [0.25, 0.3) is 0 Å². The predicted molar refractivity (Wildman–Crippen MR) is 152 cm³/mol. The summed E-state index contributed by atoms with van der Waals surface area (Å²) in [5.41, 5.74) is 0. The Bertz CT molecular complexity index is 192. The maximum atomic E-state index is 3.13. The number of rotatable bonds is 8. The van der Waals surface area contributed by atoms with E-state index in [9.17, 15) is 0 Å². The molecule has 0 heterocycles. The van der Waals surface area contributed by atoms with Gasteiger partial charge in [-0.15, -0.1) is 80.4 Å². The molecular formula is H20P18. The molecule has 0 aromatic carbocycles. The molecule has 0 aliphatic carbocycles. The SMILES string of the molecule is PPP(P(P)P)P(PP(P(P)P)P(P)P)P(P)P. The number of hydrogen-bond acceptors (Lipinski definition) is 0. The minimum atomic E-state index is 0.0963. The van der Waals surface area contributed by atoms with E-state index in [0.29, 0.717) is 0 Å². The molecule has 0 spiro atoms. The summed E-state index contributed by atoms with van der Waals surface area (Å²) in [4.78, 5) is 0. The molecule has 0 nitrogen and oxygen atoms in total. The van der Waals surface area contributed by atoms with Crippen LogP contribution in [0.5, 0.6) is 0 Å². The van der Waals surface area contributed by atoms with Crippen molar-refractivity contribution >= 4 is 145 Å². The van der Waals surface area contributed by atoms with Gasteiger partial charge in [0.2, 0.25) is 0 Å². The Labute approximate surface area is 144 Å². The van der Waals surface area contributed by atoms with Crippen LogP contribution in [0.1, 0.15) is 0 Å². The van der Waals surface area contributed by atoms with Crippen molar-refractivity contribution in [2.75, 3.05) is 0 Å². The van der Waals surface area contributed by atoms with Crippen LogP contribution >= 0.6 is 145 Å². The van der Waals surface area contributed by atoms with Crippen LogP contribution in [0, 0.1) is 0 Å². The molecule has 0 saturated carbocycles. The highest BCUT2D eigenvalue weighted by atomic mass is 33.3. The van der Waals surface area contributed by atoms with Crippen molar-refractivity contribution in [2.45, 2.75) is 0 Å². The van der Waals surface area contributed by atoms with E-state index in [1.807, 2.05) is 0 Å². The fourth-order valence-electron chi connectivity index (χ4n) is 0.714. The second-order valence-corrected chi connectivity index (χ2v) is 70.7. The summed E-state index contributed by atoms with van der Waals surface area (Å²) in [6.07, 6.45) is 0. The Morgan fingerprint density at radius 1 is 0.500 bits per heavy atom. The van der Waals surface area contributed by atoms with Crippen molar-refractivity contribution in [3.05, 3.63) is 0 Å². The van der Waals surface area contributed by atoms with Gasteiger partial charge >= 0.3 is 0 Å². The molecule has 0 saturated heterocycles. The third-order valence-electron chi connectivity index (χ3n) is 1.35. The van der Waals surface area contributed by atoms with Gasteiger partial charge in [0.1, 0.15) is 0 Å². The lowest BCUT2D eigenvalue weighted by Gasteiger charge is -2.37. The first-order chi connectivity index (χ1) is 8.22. The van der Waals surface area contributed by atoms with Crippen molar-refractivity contribution in [3.8, 4) is 0 Å². The fourth-order valence-corrected chi connectivity index (χ4v) is 173. The van der Waals surface area contributed by atoms with Crippen LogP contribution in [0.4, 0.5) is 0 Å². The zero-order valence-corrected chi connectivity index (χ0v) is 28.0. The Balaban J connectivity index is 4.89. The highest BCUT2D eigenvalue weighted by molar-refractivity contribution is 9.26. The first-order valence-electron chi connectivity index (χ1n) is 4.03. The molecule has 0 aliphatic rings. The smallest absolute Gasteiger partial charge is 0.0115 e. The van der Waals surface area contributed by atoms with E-state index in [2.05, 4.69) is 80.4 Å². The van der Waals surface area contributed by atoms with E-state index in [-0.39, 0.29) is 48.9 Å². The molecular weight excluding hydrogens is 558 g/mol. The lowest BCUT2D eigenvalue weighted by Crippen LogP contribution is -1.47. The second-order valence-electron chi connectivity index (χ2n) is 2.62. The summed E-state index contributed by atoms with van der Waals surface area (Å²) < 4.78 is 0. The zero-order valence-electron chi connectivity index (χ0n) is 9.33. The lowest BCUT2D eigenvalue weighted by molar-refractivity contribution is 4.59. The van der Waals surface area contributed by atoms with Gasteiger partial charge in [0.25, 0.3) is 0 Å². The van der Waals surface area contributed by atoms with E-state index < -0.39 is 0 Å². The summed E-state index contributed by atoms with van der Waals surface area (Å²) in [6.45, 7) is 1.10. The van der Waals surface area contributed by atoms with Crippen LogP contribution in [-0.4, -0.2) is 0 Å². The molecule has 13 unspecified atom stereocenters. The van der Waals surface area contributed by atoms with Crippen molar-refractivity contribution in [2.24, 2.45) is 0 Å². The normalized spacial score (nSPS) is 17.7. The fraction of sp³-hybridized carbons (Fsp3) is 0. The molecule has 110 valence electrons. The Morgan fingerprint density at radius 2 is 0.833 bits per heavy atom. The van der Waals surface area contributed by atoms with Gasteiger partial charge in [0.15, 0.2) is 0 Å². The highest BCUT2D eigenvalue weighted by Gasteiger charge is 2.31. The first kappa shape index (κ1) is 25.7. The van der Waals surface area contributed by atoms with E-state index in [4.69, 9.17) is 0 Å². The summed E-state index contributed by atoms with van der Waals surface area (Å²) in [6, 6.07) is 0. The molecule has 0 aromatic rings. The molecule has 0 fully saturated rings. The van der Waals surface area contributed by atoms with E-state index in [1.165, 1.54) is 7.96 Å². The molecule has 13 atom stereocenters. The molecule has 0 bridgehead atoms. The highest BCUT2D eigenvalue weighted by Crippen LogP contribution is 3.20. The maximum Gasteiger partial charge on any atom is -0.0115 e. The van der Waals surface area contributed by atoms with E-state index in [1.54, 1.807) is 0 Å². The summed E-state index contributed by atoms with van der Waals surface area (Å²) in [5.74, 6) is 0. The standard InChI is InChI=1S/H20P18/c1-10-16(12(2)3)18(15(8)9)11-17(13(4)5)14(6)7/h10-11H,1-9H2. The Morgan fingerprint density at radius 3 is 1.06 bits per heavy atom. The molecule has 18 heteroatoms. The van der Waals surface area contributed by atoms with Crippen LogP contribution in [-0.2, 0) is 0 Å². The first-order valence-corrected chi connectivity index (χ1v) is 36.2. The van der Waals surface area contributed by atoms with E-state index >= 15 is 0 Å². The molecule has 0 amide bonds. The molecule has 18 heavy (non-hydrogen) atoms. The third kappa shape index (κ3) is 10.8. The summed E-state index contributed by atoms with van der Waals surface area (Å²) >= 11 is 0. The van der Waals surface area contributed by atoms with Crippen LogP contribution in [0.3, 0.4) is 0 Å². The summed E-state index contributed by atoms with van der Waals surface area (Å²) in [7, 11) is 30.2. The Hall–Kier alpha value is 7.74. The van der Waals surface area contributed by atoms with Crippen LogP contribution in [0.2, 0.25) is 0 Å². The minimum Gasteiger partial charge on any atom is -0.109 e. The third-order valence-corrected chi connectivity index (χ3v) is 109. The number of hydrogen-bond donors (Lipinski definition) is 0. The lowest BCUT2D eigenvalue weighted by atomic mass is 28.6. The monoisotopic (exact) mass is 578 g/mol. The van der Waals surface area contributed by atoms with Crippen molar-refractivity contribution in [3.63, 3.8) is 0 Å². The van der Waals surface area contributed by atoms with Gasteiger partial charge in [-0.3, -0.25) is 0 Å². The molecule has 0 aliphatic heterocycles. The van der Waals surface area contributed by atoms with Gasteiger partial charge in [0.05, 0.1) is 0 Å². The molecule has 0 aromatic heterocycles. The average Bonchev–Trinajstić information content (AvgIpc) is 2.21. The van der Waals surface area contributed by atoms with Crippen molar-refractivity contribution in [1.82, 2.24) is 0 Å².